The number of hydrogen-bond acceptors (Lipinski definition) is 4. The zero-order chi connectivity index (χ0) is 25.2. The highest BCUT2D eigenvalue weighted by atomic mass is 19.4. The Balaban J connectivity index is 1.60. The molecule has 0 bridgehead atoms. The summed E-state index contributed by atoms with van der Waals surface area (Å²) in [6.45, 7) is 6.20. The first-order valence-electron chi connectivity index (χ1n) is 11.6. The van der Waals surface area contributed by atoms with Gasteiger partial charge in [0.25, 0.3) is 0 Å². The summed E-state index contributed by atoms with van der Waals surface area (Å²) in [7, 11) is 0. The summed E-state index contributed by atoms with van der Waals surface area (Å²) in [5, 5.41) is 19.9. The number of nitriles is 1. The third-order valence-corrected chi connectivity index (χ3v) is 6.72. The number of hydrogen-bond donors (Lipinski definition) is 1. The van der Waals surface area contributed by atoms with E-state index < -0.39 is 11.7 Å². The highest BCUT2D eigenvalue weighted by molar-refractivity contribution is 5.45. The summed E-state index contributed by atoms with van der Waals surface area (Å²) >= 11 is 0. The lowest BCUT2D eigenvalue weighted by atomic mass is 9.90. The Hall–Kier alpha value is -3.34. The molecule has 3 aromatic carbocycles. The maximum absolute atomic E-state index is 12.9. The van der Waals surface area contributed by atoms with Crippen LogP contribution in [0.5, 0.6) is 5.75 Å². The Morgan fingerprint density at radius 1 is 0.971 bits per heavy atom. The number of halogens is 3. The monoisotopic (exact) mass is 479 g/mol. The molecule has 7 heteroatoms. The Kier molecular flexibility index (Phi) is 7.15. The van der Waals surface area contributed by atoms with E-state index in [1.54, 1.807) is 30.3 Å². The molecule has 0 radical (unpaired) electrons. The molecule has 1 N–H and O–H groups in total. The number of rotatable bonds is 5. The van der Waals surface area contributed by atoms with Crippen molar-refractivity contribution in [1.82, 2.24) is 9.80 Å². The van der Waals surface area contributed by atoms with Gasteiger partial charge in [0.05, 0.1) is 23.2 Å². The molecule has 1 heterocycles. The Labute approximate surface area is 203 Å². The van der Waals surface area contributed by atoms with E-state index in [1.807, 2.05) is 30.3 Å². The highest BCUT2D eigenvalue weighted by Gasteiger charge is 2.36. The number of alkyl halides is 3. The fourth-order valence-corrected chi connectivity index (χ4v) is 4.92. The van der Waals surface area contributed by atoms with Crippen molar-refractivity contribution < 1.29 is 18.3 Å². The van der Waals surface area contributed by atoms with Crippen molar-refractivity contribution in [2.24, 2.45) is 0 Å². The van der Waals surface area contributed by atoms with Gasteiger partial charge in [-0.1, -0.05) is 42.5 Å². The molecular weight excluding hydrogens is 451 g/mol. The quantitative estimate of drug-likeness (QED) is 0.490. The van der Waals surface area contributed by atoms with Gasteiger partial charge in [-0.2, -0.15) is 18.4 Å². The van der Waals surface area contributed by atoms with Gasteiger partial charge in [0, 0.05) is 31.7 Å². The largest absolute Gasteiger partial charge is 0.508 e. The zero-order valence-corrected chi connectivity index (χ0v) is 19.7. The average molecular weight is 480 g/mol. The van der Waals surface area contributed by atoms with Gasteiger partial charge in [-0.25, -0.2) is 0 Å². The van der Waals surface area contributed by atoms with Crippen LogP contribution in [0.1, 0.15) is 47.7 Å². The Bertz CT molecular complexity index is 1200. The van der Waals surface area contributed by atoms with Crippen LogP contribution in [-0.2, 0) is 12.7 Å². The number of benzene rings is 3. The van der Waals surface area contributed by atoms with Crippen LogP contribution < -0.4 is 0 Å². The predicted molar refractivity (Wildman–Crippen MR) is 129 cm³/mol. The maximum atomic E-state index is 12.9. The lowest BCUT2D eigenvalue weighted by Gasteiger charge is -2.48. The maximum Gasteiger partial charge on any atom is 0.416 e. The fraction of sp³-hybridized carbons (Fsp3) is 0.321. The summed E-state index contributed by atoms with van der Waals surface area (Å²) in [6.07, 6.45) is -4.34. The van der Waals surface area contributed by atoms with Gasteiger partial charge in [0.1, 0.15) is 5.75 Å². The second-order valence-corrected chi connectivity index (χ2v) is 9.22. The Morgan fingerprint density at radius 3 is 2.34 bits per heavy atom. The molecule has 1 fully saturated rings. The third kappa shape index (κ3) is 5.50. The van der Waals surface area contributed by atoms with Gasteiger partial charge >= 0.3 is 6.18 Å². The van der Waals surface area contributed by atoms with E-state index in [2.05, 4.69) is 29.7 Å². The van der Waals surface area contributed by atoms with Crippen LogP contribution in [0.3, 0.4) is 0 Å². The molecule has 0 spiro atoms. The topological polar surface area (TPSA) is 50.5 Å². The lowest BCUT2D eigenvalue weighted by Crippen LogP contribution is -2.56. The molecule has 182 valence electrons. The van der Waals surface area contributed by atoms with Crippen LogP contribution >= 0.6 is 0 Å². The van der Waals surface area contributed by atoms with Crippen LogP contribution in [0.4, 0.5) is 13.2 Å². The molecule has 4 rings (SSSR count). The van der Waals surface area contributed by atoms with E-state index >= 15 is 0 Å². The van der Waals surface area contributed by atoms with Gasteiger partial charge < -0.3 is 5.11 Å². The lowest BCUT2D eigenvalue weighted by molar-refractivity contribution is -0.137. The third-order valence-electron chi connectivity index (χ3n) is 6.72. The van der Waals surface area contributed by atoms with Crippen LogP contribution in [0.25, 0.3) is 0 Å². The van der Waals surface area contributed by atoms with Crippen molar-refractivity contribution in [1.29, 1.82) is 5.26 Å². The molecule has 1 unspecified atom stereocenters. The van der Waals surface area contributed by atoms with Gasteiger partial charge in [0.15, 0.2) is 0 Å². The van der Waals surface area contributed by atoms with Crippen LogP contribution in [0.2, 0.25) is 0 Å². The first kappa shape index (κ1) is 24.8. The van der Waals surface area contributed by atoms with Crippen molar-refractivity contribution in [2.45, 2.75) is 44.7 Å². The second-order valence-electron chi connectivity index (χ2n) is 9.22. The van der Waals surface area contributed by atoms with E-state index in [9.17, 15) is 23.5 Å². The van der Waals surface area contributed by atoms with Crippen LogP contribution in [-0.4, -0.2) is 40.1 Å². The summed E-state index contributed by atoms with van der Waals surface area (Å²) in [5.74, 6) is 0.170. The van der Waals surface area contributed by atoms with Crippen molar-refractivity contribution >= 4 is 0 Å². The van der Waals surface area contributed by atoms with E-state index in [-0.39, 0.29) is 23.9 Å². The molecule has 0 amide bonds. The molecule has 1 aliphatic heterocycles. The number of aromatic hydroxyl groups is 1. The summed E-state index contributed by atoms with van der Waals surface area (Å²) in [4.78, 5) is 4.62. The summed E-state index contributed by atoms with van der Waals surface area (Å²) in [6, 6.07) is 22.3. The summed E-state index contributed by atoms with van der Waals surface area (Å²) in [5.41, 5.74) is 2.58. The molecule has 4 nitrogen and oxygen atoms in total. The van der Waals surface area contributed by atoms with Crippen molar-refractivity contribution in [3.63, 3.8) is 0 Å². The first-order chi connectivity index (χ1) is 16.7. The van der Waals surface area contributed by atoms with E-state index in [4.69, 9.17) is 0 Å². The fourth-order valence-electron chi connectivity index (χ4n) is 4.92. The first-order valence-corrected chi connectivity index (χ1v) is 11.6. The van der Waals surface area contributed by atoms with Crippen molar-refractivity contribution in [3.8, 4) is 11.8 Å². The second kappa shape index (κ2) is 10.1. The predicted octanol–water partition coefficient (Wildman–Crippen LogP) is 5.97. The average Bonchev–Trinajstić information content (AvgIpc) is 2.82. The molecule has 1 aliphatic rings. The molecule has 35 heavy (non-hydrogen) atoms. The van der Waals surface area contributed by atoms with Crippen LogP contribution in [0.15, 0.2) is 72.8 Å². The van der Waals surface area contributed by atoms with E-state index in [1.165, 1.54) is 0 Å². The van der Waals surface area contributed by atoms with Gasteiger partial charge in [-0.3, -0.25) is 9.80 Å². The van der Waals surface area contributed by atoms with E-state index in [0.29, 0.717) is 25.2 Å². The van der Waals surface area contributed by atoms with Gasteiger partial charge in [-0.05, 0) is 60.9 Å². The number of nitrogens with zero attached hydrogens (tertiary/aromatic N) is 3. The van der Waals surface area contributed by atoms with Gasteiger partial charge in [-0.15, -0.1) is 0 Å². The van der Waals surface area contributed by atoms with Gasteiger partial charge in [0.2, 0.25) is 0 Å². The molecular formula is C28H28F3N3O. The zero-order valence-electron chi connectivity index (χ0n) is 19.7. The number of phenols is 1. The number of piperazine rings is 1. The minimum absolute atomic E-state index is 0.0970. The normalized spacial score (nSPS) is 20.3. The molecule has 1 saturated heterocycles. The molecule has 3 aromatic rings. The number of phenolic OH excluding ortho intramolecular Hbond substituents is 1. The minimum atomic E-state index is -4.34. The minimum Gasteiger partial charge on any atom is -0.508 e. The van der Waals surface area contributed by atoms with Crippen LogP contribution in [0, 0.1) is 11.3 Å². The van der Waals surface area contributed by atoms with E-state index in [0.717, 1.165) is 28.8 Å². The van der Waals surface area contributed by atoms with Crippen molar-refractivity contribution in [3.05, 3.63) is 101 Å². The SMILES string of the molecule is C[C@@H]1CN(C(c2cccc(O)c2)c2ccccc2C#N)[C@@H](C)CN1Cc1ccc(C(F)(F)F)cc1. The Morgan fingerprint density at radius 2 is 1.69 bits per heavy atom. The molecule has 0 aromatic heterocycles. The molecule has 0 aliphatic carbocycles. The van der Waals surface area contributed by atoms with Crippen molar-refractivity contribution in [2.75, 3.05) is 13.1 Å². The highest BCUT2D eigenvalue weighted by Crippen LogP contribution is 2.36. The smallest absolute Gasteiger partial charge is 0.416 e. The standard InChI is InChI=1S/C28H28F3N3O/c1-19-17-34(20(2)16-33(19)18-21-10-12-24(13-11-21)28(29,30)31)27(22-7-5-8-25(35)14-22)26-9-4-3-6-23(26)15-32/h3-14,19-20,27,35H,16-18H2,1-2H3/t19-,20+,27?/m1/s1. The molecule has 3 atom stereocenters. The summed E-state index contributed by atoms with van der Waals surface area (Å²) < 4.78 is 38.8. The molecule has 0 saturated carbocycles.